The Morgan fingerprint density at radius 3 is 1.78 bits per heavy atom. The first kappa shape index (κ1) is 49.5. The molecular formula is C59H49Cl3N4O10. The minimum Gasteiger partial charge on any atom is -0.478 e. The van der Waals surface area contributed by atoms with Crippen LogP contribution in [0.2, 0.25) is 15.1 Å². The monoisotopic (exact) mass is 1080 g/mol. The van der Waals surface area contributed by atoms with Crippen LogP contribution < -0.4 is 18.9 Å². The molecule has 6 heterocycles. The Morgan fingerprint density at radius 1 is 0.618 bits per heavy atom. The van der Waals surface area contributed by atoms with Crippen LogP contribution in [-0.4, -0.2) is 42.4 Å². The van der Waals surface area contributed by atoms with Crippen molar-refractivity contribution in [3.05, 3.63) is 174 Å². The van der Waals surface area contributed by atoms with Gasteiger partial charge in [-0.1, -0.05) is 82.4 Å². The number of ether oxygens (including phenoxy) is 4. The molecule has 2 atom stereocenters. The number of carboxylic acid groups (broad SMARTS) is 2. The summed E-state index contributed by atoms with van der Waals surface area (Å²) in [6, 6.07) is 28.4. The van der Waals surface area contributed by atoms with Crippen LogP contribution in [-0.2, 0) is 26.1 Å². The Morgan fingerprint density at radius 2 is 1.17 bits per heavy atom. The zero-order chi connectivity index (χ0) is 52.4. The number of hydrogen-bond donors (Lipinski definition) is 2. The molecule has 14 nitrogen and oxygen atoms in total. The summed E-state index contributed by atoms with van der Waals surface area (Å²) in [6.07, 6.45) is 7.85. The molecule has 5 aliphatic rings. The van der Waals surface area contributed by atoms with Gasteiger partial charge in [-0.05, 0) is 135 Å². The number of nitrogens with zero attached hydrogens (tertiary/aromatic N) is 4. The molecule has 3 fully saturated rings. The van der Waals surface area contributed by atoms with Crippen molar-refractivity contribution in [1.82, 2.24) is 20.3 Å². The number of carbonyl (C=O) groups is 2. The molecule has 2 aliphatic heterocycles. The highest BCUT2D eigenvalue weighted by Gasteiger charge is 2.39. The van der Waals surface area contributed by atoms with Crippen LogP contribution in [0, 0.1) is 12.8 Å². The van der Waals surface area contributed by atoms with E-state index in [0.717, 1.165) is 101 Å². The van der Waals surface area contributed by atoms with Crippen LogP contribution >= 0.6 is 34.8 Å². The van der Waals surface area contributed by atoms with Gasteiger partial charge in [0.25, 0.3) is 0 Å². The molecule has 13 rings (SSSR count). The molecule has 0 bridgehead atoms. The van der Waals surface area contributed by atoms with E-state index in [-0.39, 0.29) is 36.2 Å². The Labute approximate surface area is 451 Å². The van der Waals surface area contributed by atoms with E-state index in [0.29, 0.717) is 91.0 Å². The molecule has 4 aromatic heterocycles. The molecule has 0 amide bonds. The minimum atomic E-state index is -0.990. The third-order valence-corrected chi connectivity index (χ3v) is 15.7. The van der Waals surface area contributed by atoms with Crippen molar-refractivity contribution in [2.45, 2.75) is 102 Å². The standard InChI is InChI=1S/C30H24Cl2N2O5.C29H25ClN2O5/c31-21-2-1-3-22(32)26(21)28-20(29(39-34-28)16-6-7-16)14-37-25-11-10-23-27(33-25)19(15-4-5-15)12-17-8-9-18(30(35)36)13-24(17)38-23;1-15-4-3-5-21(30)26(15)27-20(28(37-32-27)17-6-7-17)14-35-25-11-10-23-22(31-25)12-16(2)19-9-8-18(29(33)34)13-24(19)36-23/h1-3,8-11,13,15-16,19H,4-7,12,14H2,(H,35,36);3-5,8-11,13,16-17H,6-7,12,14H2,1-2H3,(H,33,34). The summed E-state index contributed by atoms with van der Waals surface area (Å²) in [6.45, 7) is 4.53. The highest BCUT2D eigenvalue weighted by Crippen LogP contribution is 2.51. The SMILES string of the molecule is Cc1cccc(Cl)c1-c1noc(C2CC2)c1COc1ccc2c(n1)CC(C)c1ccc(C(=O)O)cc1O2.O=C(O)c1ccc2c(c1)Oc1ccc(OCc3c(-c4c(Cl)cccc4Cl)noc3C3CC3)nc1C(C1CC1)C2. The van der Waals surface area contributed by atoms with E-state index in [9.17, 15) is 19.8 Å². The third-order valence-electron chi connectivity index (χ3n) is 14.7. The molecule has 4 aromatic carbocycles. The summed E-state index contributed by atoms with van der Waals surface area (Å²) in [7, 11) is 0. The van der Waals surface area contributed by atoms with E-state index in [1.54, 1.807) is 54.6 Å². The molecule has 3 saturated carbocycles. The molecule has 0 radical (unpaired) electrons. The molecule has 17 heteroatoms. The average molecular weight is 1080 g/mol. The van der Waals surface area contributed by atoms with Crippen LogP contribution in [0.4, 0.5) is 0 Å². The molecule has 0 spiro atoms. The maximum Gasteiger partial charge on any atom is 0.335 e. The summed E-state index contributed by atoms with van der Waals surface area (Å²) in [4.78, 5) is 32.6. The molecule has 2 unspecified atom stereocenters. The van der Waals surface area contributed by atoms with Crippen molar-refractivity contribution < 1.29 is 47.8 Å². The highest BCUT2D eigenvalue weighted by atomic mass is 35.5. The van der Waals surface area contributed by atoms with Gasteiger partial charge in [0.05, 0.1) is 48.7 Å². The average Bonchev–Trinajstić information content (AvgIpc) is 4.30. The second kappa shape index (κ2) is 20.3. The van der Waals surface area contributed by atoms with Crippen LogP contribution in [0.5, 0.6) is 34.8 Å². The van der Waals surface area contributed by atoms with Gasteiger partial charge in [0.1, 0.15) is 59.1 Å². The topological polar surface area (TPSA) is 189 Å². The van der Waals surface area contributed by atoms with Gasteiger partial charge < -0.3 is 38.2 Å². The fourth-order valence-corrected chi connectivity index (χ4v) is 11.1. The molecule has 0 saturated heterocycles. The lowest BCUT2D eigenvalue weighted by atomic mass is 9.91. The summed E-state index contributed by atoms with van der Waals surface area (Å²) in [5.74, 6) is 4.39. The van der Waals surface area contributed by atoms with Crippen molar-refractivity contribution in [3.8, 4) is 57.3 Å². The fourth-order valence-electron chi connectivity index (χ4n) is 10.2. The number of aryl methyl sites for hydroxylation is 1. The predicted octanol–water partition coefficient (Wildman–Crippen LogP) is 15.3. The Bertz CT molecular complexity index is 3560. The second-order valence-corrected chi connectivity index (χ2v) is 21.4. The van der Waals surface area contributed by atoms with Gasteiger partial charge >= 0.3 is 11.9 Å². The van der Waals surface area contributed by atoms with Gasteiger partial charge in [-0.25, -0.2) is 19.6 Å². The van der Waals surface area contributed by atoms with Crippen molar-refractivity contribution in [2.75, 3.05) is 0 Å². The molecule has 3 aliphatic carbocycles. The Hall–Kier alpha value is -7.39. The first-order valence-corrected chi connectivity index (χ1v) is 26.5. The van der Waals surface area contributed by atoms with E-state index < -0.39 is 11.9 Å². The fraction of sp³-hybridized carbons (Fsp3) is 0.288. The number of rotatable bonds is 13. The Balaban J connectivity index is 0.000000153. The molecule has 2 N–H and O–H groups in total. The maximum atomic E-state index is 11.5. The van der Waals surface area contributed by atoms with E-state index in [4.69, 9.17) is 72.8 Å². The van der Waals surface area contributed by atoms with Gasteiger partial charge in [-0.3, -0.25) is 0 Å². The van der Waals surface area contributed by atoms with Gasteiger partial charge in [-0.15, -0.1) is 0 Å². The van der Waals surface area contributed by atoms with E-state index in [2.05, 4.69) is 17.2 Å². The maximum absolute atomic E-state index is 11.5. The summed E-state index contributed by atoms with van der Waals surface area (Å²) in [5.41, 5.74) is 9.44. The van der Waals surface area contributed by atoms with Crippen LogP contribution in [0.25, 0.3) is 22.5 Å². The lowest BCUT2D eigenvalue weighted by Crippen LogP contribution is -2.08. The highest BCUT2D eigenvalue weighted by molar-refractivity contribution is 6.39. The van der Waals surface area contributed by atoms with Gasteiger partial charge in [-0.2, -0.15) is 0 Å². The number of carboxylic acids is 2. The van der Waals surface area contributed by atoms with Crippen LogP contribution in [0.15, 0.2) is 106 Å². The Kier molecular flexibility index (Phi) is 13.2. The van der Waals surface area contributed by atoms with Gasteiger partial charge in [0.2, 0.25) is 11.8 Å². The second-order valence-electron chi connectivity index (χ2n) is 20.2. The predicted molar refractivity (Wildman–Crippen MR) is 283 cm³/mol. The number of aromatic nitrogens is 4. The first-order chi connectivity index (χ1) is 36.8. The van der Waals surface area contributed by atoms with Crippen LogP contribution in [0.3, 0.4) is 0 Å². The summed E-state index contributed by atoms with van der Waals surface area (Å²) in [5, 5.41) is 29.2. The first-order valence-electron chi connectivity index (χ1n) is 25.4. The molecule has 8 aromatic rings. The van der Waals surface area contributed by atoms with Crippen LogP contribution in [0.1, 0.15) is 141 Å². The number of hydrogen-bond acceptors (Lipinski definition) is 12. The molecule has 386 valence electrons. The molecular weight excluding hydrogens is 1030 g/mol. The largest absolute Gasteiger partial charge is 0.478 e. The van der Waals surface area contributed by atoms with E-state index in [1.165, 1.54) is 0 Å². The van der Waals surface area contributed by atoms with Crippen molar-refractivity contribution >= 4 is 46.7 Å². The number of aromatic carboxylic acids is 2. The summed E-state index contributed by atoms with van der Waals surface area (Å²) >= 11 is 19.6. The quantitative estimate of drug-likeness (QED) is 0.111. The smallest absolute Gasteiger partial charge is 0.335 e. The minimum absolute atomic E-state index is 0.0937. The lowest BCUT2D eigenvalue weighted by molar-refractivity contribution is 0.0686. The zero-order valence-electron chi connectivity index (χ0n) is 41.3. The third kappa shape index (κ3) is 9.97. The number of benzene rings is 4. The van der Waals surface area contributed by atoms with Gasteiger partial charge in [0.15, 0.2) is 0 Å². The number of pyridine rings is 2. The van der Waals surface area contributed by atoms with E-state index in [1.807, 2.05) is 49.4 Å². The van der Waals surface area contributed by atoms with Crippen molar-refractivity contribution in [3.63, 3.8) is 0 Å². The zero-order valence-corrected chi connectivity index (χ0v) is 43.5. The normalized spacial score (nSPS) is 17.2. The molecule has 76 heavy (non-hydrogen) atoms. The lowest BCUT2D eigenvalue weighted by Gasteiger charge is -2.16. The van der Waals surface area contributed by atoms with E-state index >= 15 is 0 Å². The van der Waals surface area contributed by atoms with Gasteiger partial charge in [0, 0.05) is 47.4 Å². The number of fused-ring (bicyclic) bond motifs is 4. The van der Waals surface area contributed by atoms with Crippen molar-refractivity contribution in [1.29, 1.82) is 0 Å². The summed E-state index contributed by atoms with van der Waals surface area (Å²) < 4.78 is 36.4. The number of halogens is 3. The van der Waals surface area contributed by atoms with Crippen molar-refractivity contribution in [2.24, 2.45) is 5.92 Å².